The van der Waals surface area contributed by atoms with Crippen molar-refractivity contribution in [2.75, 3.05) is 7.05 Å². The first kappa shape index (κ1) is 7.74. The summed E-state index contributed by atoms with van der Waals surface area (Å²) in [5, 5.41) is 2.27. The Balaban J connectivity index is 3.40. The van der Waals surface area contributed by atoms with Crippen molar-refractivity contribution in [2.45, 2.75) is 0 Å². The van der Waals surface area contributed by atoms with E-state index in [4.69, 9.17) is 0 Å². The fourth-order valence-corrected chi connectivity index (χ4v) is 0.352. The molecule has 0 aliphatic carbocycles. The van der Waals surface area contributed by atoms with Crippen molar-refractivity contribution < 1.29 is 9.53 Å². The summed E-state index contributed by atoms with van der Waals surface area (Å²) in [6.45, 7) is 3.35. The molecule has 0 aromatic rings. The molecule has 0 heterocycles. The number of halogens is 1. The standard InChI is InChI=1S/C4H6INO2/c1-3(5)8-4(7)6-2/h1H2,2H3,(H,6,7). The van der Waals surface area contributed by atoms with Crippen molar-refractivity contribution in [3.8, 4) is 0 Å². The number of nitrogens with one attached hydrogen (secondary N) is 1. The second-order valence-electron chi connectivity index (χ2n) is 0.995. The molecule has 0 spiro atoms. The summed E-state index contributed by atoms with van der Waals surface area (Å²) >= 11 is 1.80. The number of alkyl carbamates (subject to hydrolysis) is 1. The monoisotopic (exact) mass is 227 g/mol. The lowest BCUT2D eigenvalue weighted by molar-refractivity contribution is 0.187. The van der Waals surface area contributed by atoms with E-state index in [1.807, 2.05) is 0 Å². The van der Waals surface area contributed by atoms with Gasteiger partial charge in [-0.15, -0.1) is 0 Å². The smallest absolute Gasteiger partial charge is 0.404 e. The van der Waals surface area contributed by atoms with Crippen molar-refractivity contribution in [2.24, 2.45) is 0 Å². The molecule has 0 saturated heterocycles. The highest BCUT2D eigenvalue weighted by Gasteiger charge is 1.95. The average molecular weight is 227 g/mol. The molecular weight excluding hydrogens is 221 g/mol. The van der Waals surface area contributed by atoms with Gasteiger partial charge in [-0.25, -0.2) is 4.79 Å². The molecule has 0 fully saturated rings. The second-order valence-corrected chi connectivity index (χ2v) is 2.20. The van der Waals surface area contributed by atoms with E-state index in [0.29, 0.717) is 3.77 Å². The molecule has 1 amide bonds. The summed E-state index contributed by atoms with van der Waals surface area (Å²) < 4.78 is 4.80. The van der Waals surface area contributed by atoms with Gasteiger partial charge in [0.05, 0.1) is 0 Å². The molecule has 3 nitrogen and oxygen atoms in total. The molecule has 0 aliphatic heterocycles. The van der Waals surface area contributed by atoms with E-state index in [2.05, 4.69) is 16.6 Å². The maximum absolute atomic E-state index is 10.2. The molecule has 8 heavy (non-hydrogen) atoms. The van der Waals surface area contributed by atoms with E-state index >= 15 is 0 Å². The van der Waals surface area contributed by atoms with Crippen molar-refractivity contribution in [1.29, 1.82) is 0 Å². The number of hydrogen-bond acceptors (Lipinski definition) is 2. The van der Waals surface area contributed by atoms with Crippen LogP contribution in [0.4, 0.5) is 4.79 Å². The zero-order valence-electron chi connectivity index (χ0n) is 4.40. The van der Waals surface area contributed by atoms with Crippen molar-refractivity contribution in [3.05, 3.63) is 10.3 Å². The van der Waals surface area contributed by atoms with Crippen molar-refractivity contribution in [1.82, 2.24) is 5.32 Å². The Morgan fingerprint density at radius 3 is 2.50 bits per heavy atom. The lowest BCUT2D eigenvalue weighted by atomic mass is 11.0. The summed E-state index contributed by atoms with van der Waals surface area (Å²) in [7, 11) is 1.49. The van der Waals surface area contributed by atoms with Gasteiger partial charge in [-0.2, -0.15) is 0 Å². The van der Waals surface area contributed by atoms with E-state index in [-0.39, 0.29) is 0 Å². The first-order valence-corrected chi connectivity index (χ1v) is 2.98. The first-order chi connectivity index (χ1) is 3.66. The zero-order valence-corrected chi connectivity index (χ0v) is 6.56. The molecule has 0 radical (unpaired) electrons. The van der Waals surface area contributed by atoms with Crippen LogP contribution in [-0.4, -0.2) is 13.1 Å². The quantitative estimate of drug-likeness (QED) is 0.540. The van der Waals surface area contributed by atoms with Crippen LogP contribution in [0.1, 0.15) is 0 Å². The van der Waals surface area contributed by atoms with Crippen LogP contribution >= 0.6 is 22.6 Å². The Labute approximate surface area is 61.2 Å². The van der Waals surface area contributed by atoms with Crippen LogP contribution in [0.2, 0.25) is 0 Å². The maximum atomic E-state index is 10.2. The number of rotatable bonds is 1. The van der Waals surface area contributed by atoms with Crippen LogP contribution in [0.25, 0.3) is 0 Å². The molecule has 1 N–H and O–H groups in total. The fraction of sp³-hybridized carbons (Fsp3) is 0.250. The zero-order chi connectivity index (χ0) is 6.57. The van der Waals surface area contributed by atoms with Gasteiger partial charge in [-0.3, -0.25) is 0 Å². The molecule has 0 unspecified atom stereocenters. The topological polar surface area (TPSA) is 38.3 Å². The van der Waals surface area contributed by atoms with Gasteiger partial charge in [0.15, 0.2) is 3.77 Å². The number of ether oxygens (including phenoxy) is 1. The van der Waals surface area contributed by atoms with Gasteiger partial charge in [0, 0.05) is 7.05 Å². The summed E-state index contributed by atoms with van der Waals surface area (Å²) in [5.41, 5.74) is 0. The minimum absolute atomic E-state index is 0.363. The van der Waals surface area contributed by atoms with Gasteiger partial charge >= 0.3 is 6.09 Å². The molecule has 0 saturated carbocycles. The minimum atomic E-state index is -0.482. The highest BCUT2D eigenvalue weighted by Crippen LogP contribution is 2.02. The van der Waals surface area contributed by atoms with Crippen molar-refractivity contribution >= 4 is 28.7 Å². The lowest BCUT2D eigenvalue weighted by Gasteiger charge is -1.97. The van der Waals surface area contributed by atoms with Crippen LogP contribution in [-0.2, 0) is 4.74 Å². The van der Waals surface area contributed by atoms with Gasteiger partial charge in [0.1, 0.15) is 0 Å². The normalized spacial score (nSPS) is 7.75. The van der Waals surface area contributed by atoms with Gasteiger partial charge in [0.2, 0.25) is 0 Å². The minimum Gasteiger partial charge on any atom is -0.404 e. The predicted octanol–water partition coefficient (Wildman–Crippen LogP) is 1.25. The average Bonchev–Trinajstić information content (AvgIpc) is 1.65. The van der Waals surface area contributed by atoms with Crippen LogP contribution in [0.15, 0.2) is 10.3 Å². The predicted molar refractivity (Wildman–Crippen MR) is 38.7 cm³/mol. The summed E-state index contributed by atoms with van der Waals surface area (Å²) in [6.07, 6.45) is -0.482. The van der Waals surface area contributed by atoms with E-state index in [1.54, 1.807) is 22.6 Å². The highest BCUT2D eigenvalue weighted by molar-refractivity contribution is 14.1. The van der Waals surface area contributed by atoms with Gasteiger partial charge < -0.3 is 10.1 Å². The highest BCUT2D eigenvalue weighted by atomic mass is 127. The number of carbonyl (C=O) groups is 1. The molecule has 4 heteroatoms. The van der Waals surface area contributed by atoms with Crippen LogP contribution in [0, 0.1) is 0 Å². The Morgan fingerprint density at radius 2 is 2.38 bits per heavy atom. The SMILES string of the molecule is C=C(I)OC(=O)NC. The van der Waals surface area contributed by atoms with E-state index in [1.165, 1.54) is 7.05 Å². The molecule has 0 atom stereocenters. The molecule has 46 valence electrons. The Morgan fingerprint density at radius 1 is 1.88 bits per heavy atom. The molecule has 0 aromatic heterocycles. The summed E-state index contributed by atoms with van der Waals surface area (Å²) in [4.78, 5) is 10.2. The van der Waals surface area contributed by atoms with E-state index in [0.717, 1.165) is 0 Å². The third-order valence-electron chi connectivity index (χ3n) is 0.408. The van der Waals surface area contributed by atoms with Crippen LogP contribution < -0.4 is 5.32 Å². The maximum Gasteiger partial charge on any atom is 0.412 e. The summed E-state index contributed by atoms with van der Waals surface area (Å²) in [6, 6.07) is 0. The Bertz CT molecular complexity index is 113. The number of hydrogen-bond donors (Lipinski definition) is 1. The van der Waals surface area contributed by atoms with Gasteiger partial charge in [0.25, 0.3) is 0 Å². The van der Waals surface area contributed by atoms with Crippen LogP contribution in [0.5, 0.6) is 0 Å². The van der Waals surface area contributed by atoms with Gasteiger partial charge in [-0.05, 0) is 29.2 Å². The molecule has 0 aliphatic rings. The number of carbonyl (C=O) groups excluding carboxylic acids is 1. The van der Waals surface area contributed by atoms with Gasteiger partial charge in [-0.1, -0.05) is 0 Å². The molecule has 0 bridgehead atoms. The molecule has 0 rings (SSSR count). The third kappa shape index (κ3) is 3.91. The van der Waals surface area contributed by atoms with Crippen molar-refractivity contribution in [3.63, 3.8) is 0 Å². The fourth-order valence-electron chi connectivity index (χ4n) is 0.152. The first-order valence-electron chi connectivity index (χ1n) is 1.90. The molecule has 0 aromatic carbocycles. The largest absolute Gasteiger partial charge is 0.412 e. The second kappa shape index (κ2) is 3.71. The third-order valence-corrected chi connectivity index (χ3v) is 0.628. The van der Waals surface area contributed by atoms with E-state index in [9.17, 15) is 4.79 Å². The molecular formula is C4H6INO2. The van der Waals surface area contributed by atoms with E-state index < -0.39 is 6.09 Å². The van der Waals surface area contributed by atoms with Crippen LogP contribution in [0.3, 0.4) is 0 Å². The Hall–Kier alpha value is -0.260. The Kier molecular flexibility index (Phi) is 3.59. The summed E-state index contributed by atoms with van der Waals surface area (Å²) in [5.74, 6) is 0. The number of amides is 1. The lowest BCUT2D eigenvalue weighted by Crippen LogP contribution is -2.17.